The maximum absolute atomic E-state index is 13.0. The summed E-state index contributed by atoms with van der Waals surface area (Å²) in [6.07, 6.45) is 4.48. The Morgan fingerprint density at radius 3 is 2.83 bits per heavy atom. The fourth-order valence-electron chi connectivity index (χ4n) is 4.09. The molecule has 2 aromatic heterocycles. The van der Waals surface area contributed by atoms with Gasteiger partial charge in [0, 0.05) is 32.3 Å². The van der Waals surface area contributed by atoms with E-state index in [-0.39, 0.29) is 29.8 Å². The molecule has 1 atom stereocenters. The van der Waals surface area contributed by atoms with Gasteiger partial charge >= 0.3 is 0 Å². The van der Waals surface area contributed by atoms with E-state index in [2.05, 4.69) is 15.0 Å². The molecule has 1 N–H and O–H groups in total. The lowest BCUT2D eigenvalue weighted by Gasteiger charge is -2.35. The van der Waals surface area contributed by atoms with Crippen molar-refractivity contribution < 1.29 is 13.2 Å². The van der Waals surface area contributed by atoms with E-state index in [0.29, 0.717) is 48.7 Å². The summed E-state index contributed by atoms with van der Waals surface area (Å²) in [5.74, 6) is 0.286. The van der Waals surface area contributed by atoms with Crippen LogP contribution in [0.3, 0.4) is 0 Å². The predicted molar refractivity (Wildman–Crippen MR) is 110 cm³/mol. The molecule has 160 valence electrons. The average Bonchev–Trinajstić information content (AvgIpc) is 2.79. The molecule has 1 saturated heterocycles. The molecule has 30 heavy (non-hydrogen) atoms. The lowest BCUT2D eigenvalue weighted by Crippen LogP contribution is -2.43. The molecule has 2 aliphatic heterocycles. The molecular formula is C20H25N5O4S. The van der Waals surface area contributed by atoms with Crippen LogP contribution in [0.15, 0.2) is 29.2 Å². The van der Waals surface area contributed by atoms with Gasteiger partial charge in [0.2, 0.25) is 10.0 Å². The van der Waals surface area contributed by atoms with Gasteiger partial charge < -0.3 is 9.88 Å². The van der Waals surface area contributed by atoms with Crippen LogP contribution >= 0.6 is 0 Å². The Morgan fingerprint density at radius 1 is 1.27 bits per heavy atom. The SMILES string of the molecule is CCS(=O)(=O)N1CCc2nc(C3CCCCN3C(=O)c3ccccn3)[nH]c(=O)c2C1. The maximum Gasteiger partial charge on any atom is 0.273 e. The minimum Gasteiger partial charge on any atom is -0.327 e. The van der Waals surface area contributed by atoms with E-state index in [1.54, 1.807) is 36.2 Å². The number of rotatable bonds is 4. The van der Waals surface area contributed by atoms with Gasteiger partial charge in [0.15, 0.2) is 0 Å². The molecule has 0 spiro atoms. The second kappa shape index (κ2) is 8.27. The van der Waals surface area contributed by atoms with Crippen molar-refractivity contribution in [3.05, 3.63) is 57.5 Å². The summed E-state index contributed by atoms with van der Waals surface area (Å²) in [4.78, 5) is 39.2. The molecule has 0 radical (unpaired) electrons. The van der Waals surface area contributed by atoms with Gasteiger partial charge in [-0.15, -0.1) is 0 Å². The third-order valence-corrected chi connectivity index (χ3v) is 7.60. The molecule has 1 unspecified atom stereocenters. The summed E-state index contributed by atoms with van der Waals surface area (Å²) in [6.45, 7) is 2.51. The number of aromatic nitrogens is 3. The number of nitrogens with zero attached hydrogens (tertiary/aromatic N) is 4. The second-order valence-electron chi connectivity index (χ2n) is 7.59. The Morgan fingerprint density at radius 2 is 2.10 bits per heavy atom. The first-order chi connectivity index (χ1) is 14.4. The normalized spacial score (nSPS) is 20.0. The molecule has 2 aromatic rings. The maximum atomic E-state index is 13.0. The second-order valence-corrected chi connectivity index (χ2v) is 9.84. The van der Waals surface area contributed by atoms with Crippen LogP contribution in [0, 0.1) is 0 Å². The summed E-state index contributed by atoms with van der Waals surface area (Å²) < 4.78 is 25.7. The van der Waals surface area contributed by atoms with Crippen LogP contribution in [-0.4, -0.2) is 57.3 Å². The summed E-state index contributed by atoms with van der Waals surface area (Å²) in [6, 6.07) is 4.88. The standard InChI is InChI=1S/C20H25N5O4S/c1-2-30(28,29)24-12-9-15-14(13-24)19(26)23-18(22-15)17-8-4-6-11-25(17)20(27)16-7-3-5-10-21-16/h3,5,7,10,17H,2,4,6,8-9,11-13H2,1H3,(H,22,23,26). The number of hydrogen-bond acceptors (Lipinski definition) is 6. The van der Waals surface area contributed by atoms with Crippen molar-refractivity contribution in [1.82, 2.24) is 24.2 Å². The number of sulfonamides is 1. The number of carbonyl (C=O) groups is 1. The van der Waals surface area contributed by atoms with Crippen molar-refractivity contribution in [3.8, 4) is 0 Å². The van der Waals surface area contributed by atoms with Crippen LogP contribution < -0.4 is 5.56 Å². The van der Waals surface area contributed by atoms with Crippen LogP contribution in [0.5, 0.6) is 0 Å². The lowest BCUT2D eigenvalue weighted by atomic mass is 10.00. The molecule has 0 bridgehead atoms. The molecular weight excluding hydrogens is 406 g/mol. The van der Waals surface area contributed by atoms with E-state index < -0.39 is 10.0 Å². The average molecular weight is 432 g/mol. The highest BCUT2D eigenvalue weighted by molar-refractivity contribution is 7.89. The van der Waals surface area contributed by atoms with Gasteiger partial charge in [-0.1, -0.05) is 6.07 Å². The van der Waals surface area contributed by atoms with Crippen molar-refractivity contribution in [2.45, 2.75) is 45.2 Å². The number of fused-ring (bicyclic) bond motifs is 1. The Balaban J connectivity index is 1.65. The van der Waals surface area contributed by atoms with E-state index in [1.165, 1.54) is 4.31 Å². The largest absolute Gasteiger partial charge is 0.327 e. The topological polar surface area (TPSA) is 116 Å². The van der Waals surface area contributed by atoms with E-state index >= 15 is 0 Å². The number of nitrogens with one attached hydrogen (secondary N) is 1. The number of aromatic amines is 1. The highest BCUT2D eigenvalue weighted by Gasteiger charge is 2.33. The monoisotopic (exact) mass is 431 g/mol. The fourth-order valence-corrected chi connectivity index (χ4v) is 5.15. The summed E-state index contributed by atoms with van der Waals surface area (Å²) >= 11 is 0. The Labute approximate surface area is 175 Å². The molecule has 9 nitrogen and oxygen atoms in total. The number of hydrogen-bond donors (Lipinski definition) is 1. The van der Waals surface area contributed by atoms with Crippen molar-refractivity contribution in [2.24, 2.45) is 0 Å². The third-order valence-electron chi connectivity index (χ3n) is 5.77. The zero-order valence-corrected chi connectivity index (χ0v) is 17.7. The number of H-pyrrole nitrogens is 1. The zero-order chi connectivity index (χ0) is 21.3. The number of amides is 1. The van der Waals surface area contributed by atoms with Crippen molar-refractivity contribution in [2.75, 3.05) is 18.8 Å². The van der Waals surface area contributed by atoms with Crippen LogP contribution in [0.25, 0.3) is 0 Å². The van der Waals surface area contributed by atoms with Crippen LogP contribution in [0.1, 0.15) is 59.8 Å². The van der Waals surface area contributed by atoms with Gasteiger partial charge in [0.25, 0.3) is 11.5 Å². The highest BCUT2D eigenvalue weighted by Crippen LogP contribution is 2.30. The summed E-state index contributed by atoms with van der Waals surface area (Å²) in [5, 5.41) is 0. The zero-order valence-electron chi connectivity index (χ0n) is 16.9. The highest BCUT2D eigenvalue weighted by atomic mass is 32.2. The number of carbonyl (C=O) groups excluding carboxylic acids is 1. The Hall–Kier alpha value is -2.59. The fraction of sp³-hybridized carbons (Fsp3) is 0.500. The minimum absolute atomic E-state index is 0.00157. The van der Waals surface area contributed by atoms with Gasteiger partial charge in [-0.05, 0) is 38.3 Å². The molecule has 0 aliphatic carbocycles. The molecule has 10 heteroatoms. The van der Waals surface area contributed by atoms with E-state index in [0.717, 1.165) is 12.8 Å². The van der Waals surface area contributed by atoms with Crippen LogP contribution in [0.4, 0.5) is 0 Å². The van der Waals surface area contributed by atoms with Gasteiger partial charge in [-0.3, -0.25) is 14.6 Å². The minimum atomic E-state index is -3.37. The number of likely N-dealkylation sites (tertiary alicyclic amines) is 1. The first kappa shape index (κ1) is 20.7. The van der Waals surface area contributed by atoms with Crippen molar-refractivity contribution in [3.63, 3.8) is 0 Å². The lowest BCUT2D eigenvalue weighted by molar-refractivity contribution is 0.0592. The smallest absolute Gasteiger partial charge is 0.273 e. The van der Waals surface area contributed by atoms with Gasteiger partial charge in [0.1, 0.15) is 11.5 Å². The van der Waals surface area contributed by atoms with E-state index in [9.17, 15) is 18.0 Å². The van der Waals surface area contributed by atoms with Crippen molar-refractivity contribution >= 4 is 15.9 Å². The van der Waals surface area contributed by atoms with Crippen LogP contribution in [0.2, 0.25) is 0 Å². The molecule has 4 rings (SSSR count). The quantitative estimate of drug-likeness (QED) is 0.779. The van der Waals surface area contributed by atoms with E-state index in [1.807, 2.05) is 0 Å². The molecule has 4 heterocycles. The molecule has 2 aliphatic rings. The first-order valence-corrected chi connectivity index (χ1v) is 11.8. The first-order valence-electron chi connectivity index (χ1n) is 10.2. The van der Waals surface area contributed by atoms with Gasteiger partial charge in [0.05, 0.1) is 23.1 Å². The van der Waals surface area contributed by atoms with Gasteiger partial charge in [-0.2, -0.15) is 4.31 Å². The number of piperidine rings is 1. The Bertz CT molecular complexity index is 1100. The van der Waals surface area contributed by atoms with Gasteiger partial charge in [-0.25, -0.2) is 13.4 Å². The predicted octanol–water partition coefficient (Wildman–Crippen LogP) is 1.24. The summed E-state index contributed by atoms with van der Waals surface area (Å²) in [5.41, 5.74) is 1.04. The van der Waals surface area contributed by atoms with E-state index in [4.69, 9.17) is 0 Å². The Kier molecular flexibility index (Phi) is 5.70. The molecule has 1 amide bonds. The molecule has 0 saturated carbocycles. The van der Waals surface area contributed by atoms with Crippen LogP contribution in [-0.2, 0) is 23.0 Å². The molecule has 1 fully saturated rings. The van der Waals surface area contributed by atoms with Crippen molar-refractivity contribution in [1.29, 1.82) is 0 Å². The summed E-state index contributed by atoms with van der Waals surface area (Å²) in [7, 11) is -3.37. The molecule has 0 aromatic carbocycles. The third kappa shape index (κ3) is 3.89. The number of pyridine rings is 1.